The largest absolute Gasteiger partial charge is 0.334 e. The molecule has 86 valence electrons. The highest BCUT2D eigenvalue weighted by atomic mass is 16.2. The van der Waals surface area contributed by atoms with Gasteiger partial charge in [0.25, 0.3) is 5.56 Å². The van der Waals surface area contributed by atoms with Gasteiger partial charge in [-0.05, 0) is 12.5 Å². The molecular weight excluding hydrogens is 206 g/mol. The predicted molar refractivity (Wildman–Crippen MR) is 62.7 cm³/mol. The van der Waals surface area contributed by atoms with Gasteiger partial charge in [0.15, 0.2) is 0 Å². The number of hydrogen-bond acceptors (Lipinski definition) is 2. The van der Waals surface area contributed by atoms with E-state index in [0.717, 1.165) is 17.5 Å². The molecule has 0 aliphatic carbocycles. The van der Waals surface area contributed by atoms with Crippen LogP contribution in [0.1, 0.15) is 13.3 Å². The maximum absolute atomic E-state index is 11.9. The first-order valence-corrected chi connectivity index (χ1v) is 5.32. The van der Waals surface area contributed by atoms with E-state index in [9.17, 15) is 9.59 Å². The van der Waals surface area contributed by atoms with Crippen molar-refractivity contribution in [1.29, 1.82) is 0 Å². The summed E-state index contributed by atoms with van der Waals surface area (Å²) < 4.78 is 4.60. The molecule has 0 unspecified atom stereocenters. The summed E-state index contributed by atoms with van der Waals surface area (Å²) in [6.45, 7) is 2.87. The van der Waals surface area contributed by atoms with Gasteiger partial charge in [-0.25, -0.2) is 4.79 Å². The normalized spacial score (nSPS) is 11.2. The molecule has 0 saturated heterocycles. The van der Waals surface area contributed by atoms with Crippen molar-refractivity contribution in [2.45, 2.75) is 19.9 Å². The van der Waals surface area contributed by atoms with E-state index in [4.69, 9.17) is 0 Å². The molecule has 2 rings (SSSR count). The van der Waals surface area contributed by atoms with Gasteiger partial charge >= 0.3 is 5.69 Å². The number of hydrogen-bond donors (Lipinski definition) is 0. The van der Waals surface area contributed by atoms with E-state index >= 15 is 0 Å². The molecule has 5 heteroatoms. The van der Waals surface area contributed by atoms with Crippen LogP contribution in [0.5, 0.6) is 0 Å². The molecule has 0 aliphatic rings. The minimum absolute atomic E-state index is 0.229. The quantitative estimate of drug-likeness (QED) is 0.739. The Morgan fingerprint density at radius 1 is 1.19 bits per heavy atom. The molecule has 0 aromatic carbocycles. The second-order valence-electron chi connectivity index (χ2n) is 3.95. The van der Waals surface area contributed by atoms with E-state index in [1.54, 1.807) is 13.1 Å². The van der Waals surface area contributed by atoms with Crippen molar-refractivity contribution in [2.24, 2.45) is 14.1 Å². The lowest BCUT2D eigenvalue weighted by atomic mass is 10.4. The van der Waals surface area contributed by atoms with E-state index in [-0.39, 0.29) is 11.2 Å². The summed E-state index contributed by atoms with van der Waals surface area (Å²) in [6, 6.07) is 1.77. The lowest BCUT2D eigenvalue weighted by Gasteiger charge is -2.08. The smallest absolute Gasteiger partial charge is 0.332 e. The van der Waals surface area contributed by atoms with Crippen LogP contribution >= 0.6 is 0 Å². The minimum Gasteiger partial charge on any atom is -0.334 e. The maximum atomic E-state index is 11.9. The van der Waals surface area contributed by atoms with E-state index in [2.05, 4.69) is 6.92 Å². The highest BCUT2D eigenvalue weighted by Gasteiger charge is 2.11. The molecule has 0 saturated carbocycles. The molecule has 0 radical (unpaired) electrons. The lowest BCUT2D eigenvalue weighted by molar-refractivity contribution is 0.654. The average molecular weight is 221 g/mol. The highest BCUT2D eigenvalue weighted by Crippen LogP contribution is 2.09. The zero-order valence-electron chi connectivity index (χ0n) is 9.73. The standard InChI is InChI=1S/C11H15N3O2/c1-4-6-14-7-5-8-9(14)12(2)11(16)13(3)10(8)15/h5,7H,4,6H2,1-3H3. The summed E-state index contributed by atoms with van der Waals surface area (Å²) >= 11 is 0. The lowest BCUT2D eigenvalue weighted by Crippen LogP contribution is -2.37. The molecule has 5 nitrogen and oxygen atoms in total. The van der Waals surface area contributed by atoms with Gasteiger partial charge in [0.05, 0.1) is 5.39 Å². The third-order valence-corrected chi connectivity index (χ3v) is 2.83. The van der Waals surface area contributed by atoms with Gasteiger partial charge in [0.1, 0.15) is 5.65 Å². The number of aromatic nitrogens is 3. The molecular formula is C11H15N3O2. The first-order chi connectivity index (χ1) is 7.57. The van der Waals surface area contributed by atoms with E-state index in [1.165, 1.54) is 11.6 Å². The number of nitrogens with zero attached hydrogens (tertiary/aromatic N) is 3. The second-order valence-corrected chi connectivity index (χ2v) is 3.95. The highest BCUT2D eigenvalue weighted by molar-refractivity contribution is 5.75. The summed E-state index contributed by atoms with van der Waals surface area (Å²) in [6.07, 6.45) is 2.82. The van der Waals surface area contributed by atoms with Gasteiger partial charge < -0.3 is 4.57 Å². The van der Waals surface area contributed by atoms with Crippen LogP contribution in [0.4, 0.5) is 0 Å². The number of fused-ring (bicyclic) bond motifs is 1. The van der Waals surface area contributed by atoms with Crippen LogP contribution in [-0.4, -0.2) is 13.7 Å². The molecule has 2 heterocycles. The first-order valence-electron chi connectivity index (χ1n) is 5.32. The average Bonchev–Trinajstić information content (AvgIpc) is 2.68. The Labute approximate surface area is 92.5 Å². The fraction of sp³-hybridized carbons (Fsp3) is 0.455. The summed E-state index contributed by atoms with van der Waals surface area (Å²) in [4.78, 5) is 23.6. The van der Waals surface area contributed by atoms with Gasteiger partial charge in [-0.3, -0.25) is 13.9 Å². The van der Waals surface area contributed by atoms with Crippen molar-refractivity contribution >= 4 is 11.0 Å². The summed E-state index contributed by atoms with van der Waals surface area (Å²) in [5.41, 5.74) is 0.191. The van der Waals surface area contributed by atoms with E-state index in [0.29, 0.717) is 11.0 Å². The van der Waals surface area contributed by atoms with Crippen molar-refractivity contribution in [1.82, 2.24) is 13.7 Å². The summed E-state index contributed by atoms with van der Waals surface area (Å²) in [7, 11) is 3.19. The van der Waals surface area contributed by atoms with Crippen LogP contribution < -0.4 is 11.2 Å². The van der Waals surface area contributed by atoms with Crippen LogP contribution in [0.2, 0.25) is 0 Å². The third kappa shape index (κ3) is 1.31. The molecule has 0 atom stereocenters. The van der Waals surface area contributed by atoms with Gasteiger partial charge in [0.2, 0.25) is 0 Å². The van der Waals surface area contributed by atoms with Gasteiger partial charge in [0, 0.05) is 26.8 Å². The fourth-order valence-corrected chi connectivity index (χ4v) is 2.01. The molecule has 0 fully saturated rings. The second kappa shape index (κ2) is 3.66. The monoisotopic (exact) mass is 221 g/mol. The van der Waals surface area contributed by atoms with Crippen molar-refractivity contribution in [3.8, 4) is 0 Å². The Morgan fingerprint density at radius 2 is 1.88 bits per heavy atom. The maximum Gasteiger partial charge on any atom is 0.332 e. The van der Waals surface area contributed by atoms with Crippen LogP contribution in [0.3, 0.4) is 0 Å². The fourth-order valence-electron chi connectivity index (χ4n) is 2.01. The molecule has 16 heavy (non-hydrogen) atoms. The topological polar surface area (TPSA) is 48.9 Å². The van der Waals surface area contributed by atoms with Crippen LogP contribution in [0, 0.1) is 0 Å². The van der Waals surface area contributed by atoms with E-state index < -0.39 is 0 Å². The molecule has 0 aliphatic heterocycles. The molecule has 2 aromatic rings. The van der Waals surface area contributed by atoms with Gasteiger partial charge in [-0.2, -0.15) is 0 Å². The number of rotatable bonds is 2. The predicted octanol–water partition coefficient (Wildman–Crippen LogP) is 0.449. The Hall–Kier alpha value is -1.78. The molecule has 0 N–H and O–H groups in total. The van der Waals surface area contributed by atoms with Crippen molar-refractivity contribution in [3.63, 3.8) is 0 Å². The summed E-state index contributed by atoms with van der Waals surface area (Å²) in [5, 5.41) is 0.595. The zero-order chi connectivity index (χ0) is 11.9. The summed E-state index contributed by atoms with van der Waals surface area (Å²) in [5.74, 6) is 0. The van der Waals surface area contributed by atoms with Gasteiger partial charge in [-0.15, -0.1) is 0 Å². The third-order valence-electron chi connectivity index (χ3n) is 2.83. The molecule has 0 amide bonds. The Balaban J connectivity index is 2.95. The zero-order valence-corrected chi connectivity index (χ0v) is 9.73. The van der Waals surface area contributed by atoms with Crippen molar-refractivity contribution in [2.75, 3.05) is 0 Å². The van der Waals surface area contributed by atoms with Crippen LogP contribution in [0.25, 0.3) is 11.0 Å². The van der Waals surface area contributed by atoms with Crippen LogP contribution in [-0.2, 0) is 20.6 Å². The SMILES string of the molecule is CCCn1ccc2c(=O)n(C)c(=O)n(C)c21. The number of aryl methyl sites for hydroxylation is 2. The Morgan fingerprint density at radius 3 is 2.50 bits per heavy atom. The van der Waals surface area contributed by atoms with Crippen molar-refractivity contribution in [3.05, 3.63) is 33.1 Å². The minimum atomic E-state index is -0.284. The molecule has 0 bridgehead atoms. The Bertz CT molecular complexity index is 646. The molecule has 0 spiro atoms. The first kappa shape index (κ1) is 10.7. The molecule has 2 aromatic heterocycles. The van der Waals surface area contributed by atoms with Crippen LogP contribution in [0.15, 0.2) is 21.9 Å². The van der Waals surface area contributed by atoms with Crippen molar-refractivity contribution < 1.29 is 0 Å². The van der Waals surface area contributed by atoms with E-state index in [1.807, 2.05) is 10.8 Å². The Kier molecular flexibility index (Phi) is 2.46. The van der Waals surface area contributed by atoms with Gasteiger partial charge in [-0.1, -0.05) is 6.92 Å².